The van der Waals surface area contributed by atoms with Crippen LogP contribution in [-0.4, -0.2) is 18.3 Å². The molecular formula is C132H94N4O3. The molecule has 0 amide bonds. The van der Waals surface area contributed by atoms with Gasteiger partial charge in [-0.2, -0.15) is 0 Å². The summed E-state index contributed by atoms with van der Waals surface area (Å²) >= 11 is 0. The first-order chi connectivity index (χ1) is 68.0. The average Bonchev–Trinajstić information content (AvgIpc) is 1.62. The minimum absolute atomic E-state index is 0.0480. The van der Waals surface area contributed by atoms with E-state index in [1.54, 1.807) is 0 Å². The Labute approximate surface area is 804 Å². The Balaban J connectivity index is 0.000000105. The zero-order valence-corrected chi connectivity index (χ0v) is 78.4. The van der Waals surface area contributed by atoms with E-state index in [1.807, 2.05) is 30.3 Å². The van der Waals surface area contributed by atoms with Crippen LogP contribution < -0.4 is 0 Å². The molecule has 0 saturated heterocycles. The quantitative estimate of drug-likeness (QED) is 0.152. The van der Waals surface area contributed by atoms with Crippen molar-refractivity contribution in [3.8, 4) is 112 Å². The Kier molecular flexibility index (Phi) is 17.2. The van der Waals surface area contributed by atoms with Crippen LogP contribution >= 0.6 is 0 Å². The smallest absolute Gasteiger partial charge is 0.143 e. The van der Waals surface area contributed by atoms with E-state index in [2.05, 4.69) is 468 Å². The van der Waals surface area contributed by atoms with Crippen molar-refractivity contribution in [1.29, 1.82) is 0 Å². The van der Waals surface area contributed by atoms with Crippen LogP contribution in [0.1, 0.15) is 99.9 Å². The molecule has 7 aromatic heterocycles. The first-order valence-electron chi connectivity index (χ1n) is 48.6. The van der Waals surface area contributed by atoms with Crippen LogP contribution in [-0.2, 0) is 21.7 Å². The Bertz CT molecular complexity index is 9700. The molecule has 19 aromatic carbocycles. The molecule has 7 nitrogen and oxygen atoms in total. The SMILES string of the molecule is CC1(C)c2cc(-c3cccc4c3oc3ccccc34)ccc2-c2ccc(-n3c4c(c5ccccc53)C(C)(C)c3ccccc3-4)cc21.CC1(C)c2ccccc2-c2c1c1cc(-c3ccc4c(c3)c3ccccc3n4-c3ccccc3)ccc1n2-c1ccc(-c2ccc3oc4ccccc4c3c2)cc1.CC1(C)c2ccccc2-c2c1c1ccccc1n2-c1ccc(-c2cccc3c2oc2ccccc23)cc1. The van der Waals surface area contributed by atoms with Gasteiger partial charge < -0.3 is 31.5 Å². The average molecular weight is 1780 g/mol. The first-order valence-corrected chi connectivity index (χ1v) is 48.6. The van der Waals surface area contributed by atoms with Crippen molar-refractivity contribution in [2.45, 2.75) is 77.0 Å². The molecule has 0 fully saturated rings. The Morgan fingerprint density at radius 1 is 0.165 bits per heavy atom. The van der Waals surface area contributed by atoms with E-state index >= 15 is 0 Å². The second kappa shape index (κ2) is 29.8. The first kappa shape index (κ1) is 80.5. The minimum Gasteiger partial charge on any atom is -0.456 e. The highest BCUT2D eigenvalue weighted by atomic mass is 16.3. The third-order valence-electron chi connectivity index (χ3n) is 31.5. The fraction of sp³-hybridized carbons (Fsp3) is 0.0909. The van der Waals surface area contributed by atoms with Crippen molar-refractivity contribution in [3.05, 3.63) is 469 Å². The molecule has 30 rings (SSSR count). The number of nitrogens with zero attached hydrogens (tertiary/aromatic N) is 4. The lowest BCUT2D eigenvalue weighted by Gasteiger charge is -2.23. The van der Waals surface area contributed by atoms with E-state index in [-0.39, 0.29) is 21.7 Å². The predicted octanol–water partition coefficient (Wildman–Crippen LogP) is 35.6. The van der Waals surface area contributed by atoms with Crippen molar-refractivity contribution in [2.24, 2.45) is 0 Å². The van der Waals surface area contributed by atoms with Gasteiger partial charge in [-0.15, -0.1) is 0 Å². The monoisotopic (exact) mass is 1780 g/mol. The molecule has 0 spiro atoms. The molecule has 0 unspecified atom stereocenters. The van der Waals surface area contributed by atoms with Gasteiger partial charge in [-0.25, -0.2) is 0 Å². The van der Waals surface area contributed by atoms with Crippen LogP contribution in [0.4, 0.5) is 0 Å². The number of rotatable bonds is 8. The van der Waals surface area contributed by atoms with Crippen LogP contribution in [0.3, 0.4) is 0 Å². The number of hydrogen-bond donors (Lipinski definition) is 0. The van der Waals surface area contributed by atoms with Gasteiger partial charge in [0.1, 0.15) is 33.5 Å². The highest BCUT2D eigenvalue weighted by Gasteiger charge is 2.45. The maximum absolute atomic E-state index is 6.44. The Morgan fingerprint density at radius 3 is 1.04 bits per heavy atom. The van der Waals surface area contributed by atoms with Gasteiger partial charge in [0, 0.05) is 131 Å². The number of fused-ring (bicyclic) bond motifs is 30. The van der Waals surface area contributed by atoms with E-state index in [0.29, 0.717) is 0 Å². The van der Waals surface area contributed by atoms with Crippen molar-refractivity contribution < 1.29 is 13.3 Å². The summed E-state index contributed by atoms with van der Waals surface area (Å²) in [4.78, 5) is 0. The van der Waals surface area contributed by atoms with Gasteiger partial charge in [-0.05, 0) is 216 Å². The third kappa shape index (κ3) is 11.7. The fourth-order valence-electron chi connectivity index (χ4n) is 25.0. The number of furan rings is 3. The summed E-state index contributed by atoms with van der Waals surface area (Å²) in [6.07, 6.45) is 0. The normalized spacial score (nSPS) is 14.1. The molecule has 7 heteroatoms. The summed E-state index contributed by atoms with van der Waals surface area (Å²) in [5.74, 6) is 0. The van der Waals surface area contributed by atoms with Crippen molar-refractivity contribution in [1.82, 2.24) is 18.3 Å². The van der Waals surface area contributed by atoms with E-state index in [0.717, 1.165) is 88.2 Å². The van der Waals surface area contributed by atoms with Crippen LogP contribution in [0.25, 0.3) is 232 Å². The molecule has 26 aromatic rings. The summed E-state index contributed by atoms with van der Waals surface area (Å²) in [5.41, 5.74) is 47.2. The van der Waals surface area contributed by atoms with E-state index < -0.39 is 0 Å². The molecule has 0 N–H and O–H groups in total. The zero-order chi connectivity index (χ0) is 92.8. The zero-order valence-electron chi connectivity index (χ0n) is 78.4. The van der Waals surface area contributed by atoms with Gasteiger partial charge in [0.2, 0.25) is 0 Å². The van der Waals surface area contributed by atoms with Crippen molar-refractivity contribution in [2.75, 3.05) is 0 Å². The molecule has 4 aliphatic carbocycles. The number of para-hydroxylation sites is 9. The Morgan fingerprint density at radius 2 is 0.496 bits per heavy atom. The summed E-state index contributed by atoms with van der Waals surface area (Å²) in [6.45, 7) is 19.0. The summed E-state index contributed by atoms with van der Waals surface area (Å²) in [7, 11) is 0. The molecule has 0 aliphatic heterocycles. The standard InChI is InChI=1S/C53H36N2O.C44H33NO.C35H25NO/c1-53(2)45-17-9-6-16-41(45)52-51(53)44-32-36(35-22-27-47-42(30-35)39-14-7-10-18-46(39)54(47)37-12-4-3-5-13-37)23-28-48(44)55(52)38-25-20-33(21-26-38)34-24-29-50-43(31-34)40-15-8-11-19-49(40)56-50;1-43(2)36-24-26(28-15-11-16-32-31-12-7-10-19-39(31)46-42(28)32)20-22-29(36)30-23-21-27(25-37(30)43)45-38-18-9-6-14-34(38)40-41(45)33-13-5-8-17-35(33)44(40,3)4;1-35(2)29-15-6-3-11-27(29)33-32(35)28-12-4-7-16-30(28)36(33)23-20-18-22(19-21-23)24-13-9-14-26-25-10-5-8-17-31(25)37-34(24)26/h3-32H,1-2H3;5-25H,1-4H3;3-21H,1-2H3. The van der Waals surface area contributed by atoms with Gasteiger partial charge in [0.15, 0.2) is 0 Å². The molecule has 7 heterocycles. The highest BCUT2D eigenvalue weighted by Crippen LogP contribution is 2.60. The third-order valence-corrected chi connectivity index (χ3v) is 31.5. The highest BCUT2D eigenvalue weighted by molar-refractivity contribution is 6.14. The summed E-state index contributed by atoms with van der Waals surface area (Å²) < 4.78 is 28.7. The number of benzene rings is 19. The molecule has 0 radical (unpaired) electrons. The maximum Gasteiger partial charge on any atom is 0.143 e. The predicted molar refractivity (Wildman–Crippen MR) is 578 cm³/mol. The molecule has 0 bridgehead atoms. The van der Waals surface area contributed by atoms with E-state index in [1.165, 1.54) is 189 Å². The molecule has 660 valence electrons. The Hall–Kier alpha value is -17.0. The summed E-state index contributed by atoms with van der Waals surface area (Å²) in [5, 5.41) is 13.4. The van der Waals surface area contributed by atoms with Gasteiger partial charge in [0.25, 0.3) is 0 Å². The van der Waals surface area contributed by atoms with Gasteiger partial charge in [-0.3, -0.25) is 0 Å². The molecular weight excluding hydrogens is 1690 g/mol. The molecule has 139 heavy (non-hydrogen) atoms. The van der Waals surface area contributed by atoms with Crippen LogP contribution in [0.5, 0.6) is 0 Å². The lowest BCUT2D eigenvalue weighted by molar-refractivity contribution is 0.659. The molecule has 0 saturated carbocycles. The van der Waals surface area contributed by atoms with Gasteiger partial charge in [0.05, 0.1) is 44.7 Å². The molecule has 0 atom stereocenters. The van der Waals surface area contributed by atoms with Gasteiger partial charge >= 0.3 is 0 Å². The van der Waals surface area contributed by atoms with Gasteiger partial charge in [-0.1, -0.05) is 353 Å². The van der Waals surface area contributed by atoms with E-state index in [9.17, 15) is 0 Å². The van der Waals surface area contributed by atoms with Crippen molar-refractivity contribution in [3.63, 3.8) is 0 Å². The largest absolute Gasteiger partial charge is 0.456 e. The second-order valence-electron chi connectivity index (χ2n) is 40.5. The minimum atomic E-state index is -0.165. The van der Waals surface area contributed by atoms with E-state index in [4.69, 9.17) is 13.3 Å². The lowest BCUT2D eigenvalue weighted by atomic mass is 9.81. The van der Waals surface area contributed by atoms with Crippen LogP contribution in [0.15, 0.2) is 438 Å². The molecule has 4 aliphatic rings. The number of hydrogen-bond acceptors (Lipinski definition) is 3. The van der Waals surface area contributed by atoms with Crippen molar-refractivity contribution >= 4 is 120 Å². The summed E-state index contributed by atoms with van der Waals surface area (Å²) in [6, 6.07) is 155. The topological polar surface area (TPSA) is 59.1 Å². The lowest BCUT2D eigenvalue weighted by Crippen LogP contribution is -2.15. The maximum atomic E-state index is 6.44. The number of aromatic nitrogens is 4. The van der Waals surface area contributed by atoms with Crippen LogP contribution in [0, 0.1) is 0 Å². The van der Waals surface area contributed by atoms with Crippen LogP contribution in [0.2, 0.25) is 0 Å². The second-order valence-corrected chi connectivity index (χ2v) is 40.5. The fourth-order valence-corrected chi connectivity index (χ4v) is 25.0.